The third-order valence-electron chi connectivity index (χ3n) is 1.96. The summed E-state index contributed by atoms with van der Waals surface area (Å²) in [6.07, 6.45) is 0. The molecule has 3 heteroatoms. The van der Waals surface area contributed by atoms with E-state index in [-0.39, 0.29) is 5.12 Å². The molecule has 0 aromatic heterocycles. The molecule has 0 N–H and O–H groups in total. The van der Waals surface area contributed by atoms with Crippen LogP contribution in [0.25, 0.3) is 0 Å². The van der Waals surface area contributed by atoms with Gasteiger partial charge in [-0.25, -0.2) is 0 Å². The summed E-state index contributed by atoms with van der Waals surface area (Å²) >= 11 is 1.24. The summed E-state index contributed by atoms with van der Waals surface area (Å²) < 4.78 is 0. The van der Waals surface area contributed by atoms with Gasteiger partial charge in [0, 0.05) is 32.3 Å². The van der Waals surface area contributed by atoms with Crippen LogP contribution < -0.4 is 4.90 Å². The summed E-state index contributed by atoms with van der Waals surface area (Å²) in [5, 5.41) is 0.109. The Bertz CT molecular complexity index is 412. The van der Waals surface area contributed by atoms with Gasteiger partial charge in [0.05, 0.1) is 5.75 Å². The normalized spacial score (nSPS) is 9.19. The molecule has 0 unspecified atom stereocenters. The van der Waals surface area contributed by atoms with Crippen LogP contribution in [0.3, 0.4) is 0 Å². The zero-order valence-corrected chi connectivity index (χ0v) is 10.6. The van der Waals surface area contributed by atoms with Crippen LogP contribution in [0.5, 0.6) is 0 Å². The van der Waals surface area contributed by atoms with E-state index in [0.29, 0.717) is 5.75 Å². The molecule has 0 aliphatic rings. The summed E-state index contributed by atoms with van der Waals surface area (Å²) in [5.41, 5.74) is 2.14. The largest absolute Gasteiger partial charge is 0.378 e. The first-order valence-electron chi connectivity index (χ1n) is 4.99. The predicted octanol–water partition coefficient (Wildman–Crippen LogP) is 2.38. The highest BCUT2D eigenvalue weighted by atomic mass is 32.2. The molecule has 0 bridgehead atoms. The van der Waals surface area contributed by atoms with E-state index in [0.717, 1.165) is 11.3 Å². The van der Waals surface area contributed by atoms with Crippen LogP contribution in [0.2, 0.25) is 0 Å². The molecule has 16 heavy (non-hydrogen) atoms. The van der Waals surface area contributed by atoms with E-state index >= 15 is 0 Å². The van der Waals surface area contributed by atoms with Gasteiger partial charge in [0.1, 0.15) is 0 Å². The third-order valence-corrected chi connectivity index (χ3v) is 2.66. The standard InChI is InChI=1S/C13H15NOS/c1-11(15)16-10-4-5-12-6-8-13(9-7-12)14(2)3/h6-9H,10H2,1-3H3. The fraction of sp³-hybridized carbons (Fsp3) is 0.308. The Labute approximate surface area is 101 Å². The molecular weight excluding hydrogens is 218 g/mol. The van der Waals surface area contributed by atoms with Crippen LogP contribution in [-0.2, 0) is 4.79 Å². The summed E-state index contributed by atoms with van der Waals surface area (Å²) in [6.45, 7) is 1.55. The average Bonchev–Trinajstić information content (AvgIpc) is 2.25. The van der Waals surface area contributed by atoms with E-state index in [2.05, 4.69) is 11.8 Å². The molecule has 0 radical (unpaired) electrons. The highest BCUT2D eigenvalue weighted by Gasteiger charge is 1.93. The van der Waals surface area contributed by atoms with Crippen LogP contribution in [0.15, 0.2) is 24.3 Å². The lowest BCUT2D eigenvalue weighted by molar-refractivity contribution is -0.109. The lowest BCUT2D eigenvalue weighted by Crippen LogP contribution is -2.07. The highest BCUT2D eigenvalue weighted by molar-refractivity contribution is 8.13. The molecule has 0 saturated carbocycles. The van der Waals surface area contributed by atoms with E-state index in [9.17, 15) is 4.79 Å². The highest BCUT2D eigenvalue weighted by Crippen LogP contribution is 2.11. The zero-order valence-electron chi connectivity index (χ0n) is 9.78. The van der Waals surface area contributed by atoms with E-state index in [1.807, 2.05) is 43.3 Å². The number of hydrogen-bond donors (Lipinski definition) is 0. The maximum atomic E-state index is 10.7. The predicted molar refractivity (Wildman–Crippen MR) is 70.8 cm³/mol. The minimum Gasteiger partial charge on any atom is -0.378 e. The van der Waals surface area contributed by atoms with Crippen molar-refractivity contribution < 1.29 is 4.79 Å². The number of benzene rings is 1. The number of carbonyl (C=O) groups excluding carboxylic acids is 1. The van der Waals surface area contributed by atoms with Gasteiger partial charge in [0.2, 0.25) is 0 Å². The molecule has 0 aliphatic heterocycles. The summed E-state index contributed by atoms with van der Waals surface area (Å²) in [6, 6.07) is 8.03. The molecule has 1 rings (SSSR count). The second kappa shape index (κ2) is 6.24. The van der Waals surface area contributed by atoms with Crippen LogP contribution >= 0.6 is 11.8 Å². The zero-order chi connectivity index (χ0) is 12.0. The molecule has 1 aromatic rings. The number of rotatable bonds is 2. The van der Waals surface area contributed by atoms with E-state index in [4.69, 9.17) is 0 Å². The smallest absolute Gasteiger partial charge is 0.186 e. The second-order valence-corrected chi connectivity index (χ2v) is 4.68. The van der Waals surface area contributed by atoms with Gasteiger partial charge in [-0.15, -0.1) is 0 Å². The SMILES string of the molecule is CC(=O)SCC#Cc1ccc(N(C)C)cc1. The summed E-state index contributed by atoms with van der Waals surface area (Å²) in [7, 11) is 4.01. The van der Waals surface area contributed by atoms with Crippen LogP contribution in [0.1, 0.15) is 12.5 Å². The maximum Gasteiger partial charge on any atom is 0.186 e. The average molecular weight is 233 g/mol. The lowest BCUT2D eigenvalue weighted by atomic mass is 10.2. The molecule has 0 aliphatic carbocycles. The van der Waals surface area contributed by atoms with Gasteiger partial charge in [-0.3, -0.25) is 4.79 Å². The second-order valence-electron chi connectivity index (χ2n) is 3.52. The lowest BCUT2D eigenvalue weighted by Gasteiger charge is -2.11. The van der Waals surface area contributed by atoms with E-state index in [1.54, 1.807) is 6.92 Å². The molecule has 0 spiro atoms. The van der Waals surface area contributed by atoms with Crippen molar-refractivity contribution in [3.05, 3.63) is 29.8 Å². The van der Waals surface area contributed by atoms with Crippen molar-refractivity contribution in [3.63, 3.8) is 0 Å². The minimum absolute atomic E-state index is 0.109. The van der Waals surface area contributed by atoms with Crippen LogP contribution in [-0.4, -0.2) is 25.0 Å². The van der Waals surface area contributed by atoms with Crippen molar-refractivity contribution in [3.8, 4) is 11.8 Å². The fourth-order valence-corrected chi connectivity index (χ4v) is 1.47. The first kappa shape index (κ1) is 12.7. The Morgan fingerprint density at radius 1 is 1.31 bits per heavy atom. The van der Waals surface area contributed by atoms with Gasteiger partial charge < -0.3 is 4.90 Å². The van der Waals surface area contributed by atoms with Gasteiger partial charge in [-0.1, -0.05) is 23.6 Å². The third kappa shape index (κ3) is 4.41. The van der Waals surface area contributed by atoms with E-state index in [1.165, 1.54) is 11.8 Å². The van der Waals surface area contributed by atoms with Crippen molar-refractivity contribution in [2.24, 2.45) is 0 Å². The van der Waals surface area contributed by atoms with Crippen molar-refractivity contribution in [2.75, 3.05) is 24.7 Å². The number of anilines is 1. The van der Waals surface area contributed by atoms with Crippen LogP contribution in [0, 0.1) is 11.8 Å². The van der Waals surface area contributed by atoms with Crippen LogP contribution in [0.4, 0.5) is 5.69 Å². The number of hydrogen-bond acceptors (Lipinski definition) is 3. The van der Waals surface area contributed by atoms with Crippen molar-refractivity contribution in [1.29, 1.82) is 0 Å². The van der Waals surface area contributed by atoms with Crippen molar-refractivity contribution >= 4 is 22.6 Å². The molecule has 1 aromatic carbocycles. The molecule has 0 atom stereocenters. The van der Waals surface area contributed by atoms with E-state index < -0.39 is 0 Å². The van der Waals surface area contributed by atoms with Gasteiger partial charge in [0.15, 0.2) is 5.12 Å². The maximum absolute atomic E-state index is 10.7. The first-order valence-corrected chi connectivity index (χ1v) is 5.98. The van der Waals surface area contributed by atoms with Gasteiger partial charge in [0.25, 0.3) is 0 Å². The molecule has 0 heterocycles. The Hall–Kier alpha value is -1.40. The molecule has 2 nitrogen and oxygen atoms in total. The molecule has 84 valence electrons. The van der Waals surface area contributed by atoms with Crippen molar-refractivity contribution in [1.82, 2.24) is 0 Å². The Morgan fingerprint density at radius 2 is 1.94 bits per heavy atom. The fourth-order valence-electron chi connectivity index (χ4n) is 1.12. The van der Waals surface area contributed by atoms with Gasteiger partial charge in [-0.2, -0.15) is 0 Å². The number of carbonyl (C=O) groups is 1. The van der Waals surface area contributed by atoms with Crippen molar-refractivity contribution in [2.45, 2.75) is 6.92 Å². The minimum atomic E-state index is 0.109. The Kier molecular flexibility index (Phi) is 4.94. The molecule has 0 fully saturated rings. The monoisotopic (exact) mass is 233 g/mol. The number of thioether (sulfide) groups is 1. The molecular formula is C13H15NOS. The quantitative estimate of drug-likeness (QED) is 0.732. The Balaban J connectivity index is 2.58. The topological polar surface area (TPSA) is 20.3 Å². The summed E-state index contributed by atoms with van der Waals surface area (Å²) in [5.74, 6) is 6.55. The first-order chi connectivity index (χ1) is 7.59. The molecule has 0 amide bonds. The number of nitrogens with zero attached hydrogens (tertiary/aromatic N) is 1. The molecule has 0 saturated heterocycles. The Morgan fingerprint density at radius 3 is 2.44 bits per heavy atom. The van der Waals surface area contributed by atoms with Gasteiger partial charge >= 0.3 is 0 Å². The van der Waals surface area contributed by atoms with Gasteiger partial charge in [-0.05, 0) is 24.3 Å². The summed E-state index contributed by atoms with van der Waals surface area (Å²) in [4.78, 5) is 12.7.